The maximum Gasteiger partial charge on any atom is 0.325 e. The monoisotopic (exact) mass is 272 g/mol. The molecule has 2 N–H and O–H groups in total. The lowest BCUT2D eigenvalue weighted by Gasteiger charge is -2.51. The molecule has 0 aromatic heterocycles. The first-order valence-corrected chi connectivity index (χ1v) is 6.73. The predicted molar refractivity (Wildman–Crippen MR) is 70.8 cm³/mol. The smallest absolute Gasteiger partial charge is 0.325 e. The predicted octanol–water partition coefficient (Wildman–Crippen LogP) is 1.05. The number of ether oxygens (including phenoxy) is 2. The Kier molecular flexibility index (Phi) is 5.60. The number of amides is 2. The van der Waals surface area contributed by atoms with Crippen molar-refractivity contribution in [2.45, 2.75) is 46.3 Å². The van der Waals surface area contributed by atoms with Gasteiger partial charge in [0.25, 0.3) is 0 Å². The van der Waals surface area contributed by atoms with Gasteiger partial charge < -0.3 is 20.1 Å². The van der Waals surface area contributed by atoms with Crippen LogP contribution in [0.4, 0.5) is 4.79 Å². The molecule has 1 aliphatic carbocycles. The van der Waals surface area contributed by atoms with E-state index in [2.05, 4.69) is 24.5 Å². The van der Waals surface area contributed by atoms with Gasteiger partial charge in [-0.1, -0.05) is 13.8 Å². The first kappa shape index (κ1) is 15.8. The molecule has 19 heavy (non-hydrogen) atoms. The fraction of sp³-hybridized carbons (Fsp3) is 0.846. The molecule has 1 aliphatic rings. The maximum absolute atomic E-state index is 11.6. The third kappa shape index (κ3) is 4.09. The summed E-state index contributed by atoms with van der Waals surface area (Å²) in [6.07, 6.45) is 0.973. The minimum absolute atomic E-state index is 0.0613. The van der Waals surface area contributed by atoms with Crippen molar-refractivity contribution in [2.75, 3.05) is 19.8 Å². The molecule has 2 atom stereocenters. The summed E-state index contributed by atoms with van der Waals surface area (Å²) in [5.74, 6) is -0.433. The second kappa shape index (κ2) is 6.75. The molecular weight excluding hydrogens is 248 g/mol. The normalized spacial score (nSPS) is 24.2. The van der Waals surface area contributed by atoms with E-state index in [4.69, 9.17) is 9.47 Å². The van der Waals surface area contributed by atoms with Crippen molar-refractivity contribution in [1.82, 2.24) is 10.6 Å². The Morgan fingerprint density at radius 3 is 2.47 bits per heavy atom. The van der Waals surface area contributed by atoms with Gasteiger partial charge in [-0.3, -0.25) is 4.79 Å². The van der Waals surface area contributed by atoms with E-state index >= 15 is 0 Å². The van der Waals surface area contributed by atoms with E-state index in [-0.39, 0.29) is 30.1 Å². The molecule has 1 rings (SSSR count). The number of urea groups is 1. The van der Waals surface area contributed by atoms with Crippen LogP contribution in [-0.2, 0) is 14.3 Å². The minimum Gasteiger partial charge on any atom is -0.465 e. The van der Waals surface area contributed by atoms with E-state index < -0.39 is 5.97 Å². The van der Waals surface area contributed by atoms with E-state index in [1.54, 1.807) is 6.92 Å². The zero-order chi connectivity index (χ0) is 14.5. The molecule has 0 spiro atoms. The molecule has 1 saturated carbocycles. The number of carbonyl (C=O) groups excluding carboxylic acids is 2. The summed E-state index contributed by atoms with van der Waals surface area (Å²) in [6, 6.07) is -0.285. The van der Waals surface area contributed by atoms with Gasteiger partial charge >= 0.3 is 12.0 Å². The fourth-order valence-corrected chi connectivity index (χ4v) is 2.19. The number of nitrogens with one attached hydrogen (secondary N) is 2. The highest BCUT2D eigenvalue weighted by Crippen LogP contribution is 2.42. The van der Waals surface area contributed by atoms with Gasteiger partial charge in [-0.2, -0.15) is 0 Å². The lowest BCUT2D eigenvalue weighted by molar-refractivity contribution is -0.141. The third-order valence-electron chi connectivity index (χ3n) is 3.55. The molecule has 0 aliphatic heterocycles. The molecule has 1 fully saturated rings. The Morgan fingerprint density at radius 2 is 1.95 bits per heavy atom. The molecule has 0 aromatic carbocycles. The van der Waals surface area contributed by atoms with Crippen LogP contribution in [0, 0.1) is 5.41 Å². The number of carbonyl (C=O) groups is 2. The van der Waals surface area contributed by atoms with Crippen LogP contribution in [0.3, 0.4) is 0 Å². The van der Waals surface area contributed by atoms with Crippen molar-refractivity contribution in [3.05, 3.63) is 0 Å². The Morgan fingerprint density at radius 1 is 1.26 bits per heavy atom. The minimum atomic E-state index is -0.433. The topological polar surface area (TPSA) is 76.7 Å². The van der Waals surface area contributed by atoms with Gasteiger partial charge in [-0.15, -0.1) is 0 Å². The van der Waals surface area contributed by atoms with Crippen LogP contribution < -0.4 is 10.6 Å². The van der Waals surface area contributed by atoms with Crippen LogP contribution in [0.5, 0.6) is 0 Å². The fourth-order valence-electron chi connectivity index (χ4n) is 2.19. The Hall–Kier alpha value is -1.30. The second-order valence-corrected chi connectivity index (χ2v) is 5.19. The third-order valence-corrected chi connectivity index (χ3v) is 3.55. The number of rotatable bonds is 6. The van der Waals surface area contributed by atoms with Crippen LogP contribution in [0.1, 0.15) is 34.1 Å². The number of esters is 1. The average molecular weight is 272 g/mol. The molecule has 2 amide bonds. The van der Waals surface area contributed by atoms with E-state index in [9.17, 15) is 9.59 Å². The Labute approximate surface area is 114 Å². The standard InChI is InChI=1S/C13H24N2O4/c1-5-18-10-7-9(13(10,3)4)15-12(17)14-8-11(16)19-6-2/h9-10H,5-8H2,1-4H3,(H2,14,15,17). The van der Waals surface area contributed by atoms with Gasteiger partial charge in [0.15, 0.2) is 0 Å². The summed E-state index contributed by atoms with van der Waals surface area (Å²) in [6.45, 7) is 8.69. The first-order chi connectivity index (χ1) is 8.91. The highest BCUT2D eigenvalue weighted by Gasteiger charge is 2.49. The molecule has 0 radical (unpaired) electrons. The van der Waals surface area contributed by atoms with Crippen LogP contribution in [0.25, 0.3) is 0 Å². The molecule has 0 aromatic rings. The molecular formula is C13H24N2O4. The zero-order valence-electron chi connectivity index (χ0n) is 12.1. The van der Waals surface area contributed by atoms with Gasteiger partial charge in [-0.25, -0.2) is 4.79 Å². The summed E-state index contributed by atoms with van der Waals surface area (Å²) in [4.78, 5) is 22.7. The number of hydrogen-bond acceptors (Lipinski definition) is 4. The summed E-state index contributed by atoms with van der Waals surface area (Å²) < 4.78 is 10.3. The van der Waals surface area contributed by atoms with Crippen LogP contribution in [0.2, 0.25) is 0 Å². The highest BCUT2D eigenvalue weighted by atomic mass is 16.5. The Balaban J connectivity index is 2.29. The van der Waals surface area contributed by atoms with E-state index in [1.165, 1.54) is 0 Å². The van der Waals surface area contributed by atoms with E-state index in [1.807, 2.05) is 6.92 Å². The van der Waals surface area contributed by atoms with Gasteiger partial charge in [0.1, 0.15) is 6.54 Å². The first-order valence-electron chi connectivity index (χ1n) is 6.73. The molecule has 110 valence electrons. The lowest BCUT2D eigenvalue weighted by atomic mass is 9.64. The summed E-state index contributed by atoms with van der Waals surface area (Å²) in [7, 11) is 0. The molecule has 6 heteroatoms. The van der Waals surface area contributed by atoms with Crippen molar-refractivity contribution < 1.29 is 19.1 Å². The van der Waals surface area contributed by atoms with Gasteiger partial charge in [0.05, 0.1) is 12.7 Å². The Bertz CT molecular complexity index is 331. The average Bonchev–Trinajstić information content (AvgIpc) is 2.35. The van der Waals surface area contributed by atoms with Crippen molar-refractivity contribution in [3.8, 4) is 0 Å². The molecule has 0 saturated heterocycles. The molecule has 0 bridgehead atoms. The van der Waals surface area contributed by atoms with Crippen LogP contribution in [-0.4, -0.2) is 43.9 Å². The highest BCUT2D eigenvalue weighted by molar-refractivity contribution is 5.81. The van der Waals surface area contributed by atoms with Gasteiger partial charge in [-0.05, 0) is 20.3 Å². The quantitative estimate of drug-likeness (QED) is 0.709. The molecule has 0 heterocycles. The largest absolute Gasteiger partial charge is 0.465 e. The van der Waals surface area contributed by atoms with E-state index in [0.717, 1.165) is 6.42 Å². The van der Waals surface area contributed by atoms with Gasteiger partial charge in [0.2, 0.25) is 0 Å². The van der Waals surface area contributed by atoms with Crippen molar-refractivity contribution in [1.29, 1.82) is 0 Å². The van der Waals surface area contributed by atoms with Crippen LogP contribution >= 0.6 is 0 Å². The van der Waals surface area contributed by atoms with Gasteiger partial charge in [0, 0.05) is 18.1 Å². The summed E-state index contributed by atoms with van der Waals surface area (Å²) in [5, 5.41) is 5.34. The SMILES string of the molecule is CCOC(=O)CNC(=O)NC1CC(OCC)C1(C)C. The van der Waals surface area contributed by atoms with E-state index in [0.29, 0.717) is 13.2 Å². The second-order valence-electron chi connectivity index (χ2n) is 5.19. The zero-order valence-corrected chi connectivity index (χ0v) is 12.1. The molecule has 2 unspecified atom stereocenters. The summed E-state index contributed by atoms with van der Waals surface area (Å²) in [5.41, 5.74) is -0.0860. The molecule has 6 nitrogen and oxygen atoms in total. The lowest BCUT2D eigenvalue weighted by Crippen LogP contribution is -2.63. The van der Waals surface area contributed by atoms with Crippen molar-refractivity contribution in [2.24, 2.45) is 5.41 Å². The summed E-state index contributed by atoms with van der Waals surface area (Å²) >= 11 is 0. The number of hydrogen-bond donors (Lipinski definition) is 2. The van der Waals surface area contributed by atoms with Crippen molar-refractivity contribution in [3.63, 3.8) is 0 Å². The van der Waals surface area contributed by atoms with Crippen molar-refractivity contribution >= 4 is 12.0 Å². The maximum atomic E-state index is 11.6. The van der Waals surface area contributed by atoms with Crippen LogP contribution in [0.15, 0.2) is 0 Å².